The van der Waals surface area contributed by atoms with E-state index in [9.17, 15) is 8.42 Å². The van der Waals surface area contributed by atoms with Gasteiger partial charge in [0.1, 0.15) is 15.6 Å². The fourth-order valence-electron chi connectivity index (χ4n) is 2.12. The van der Waals surface area contributed by atoms with Crippen LogP contribution in [0.25, 0.3) is 0 Å². The molecule has 1 rings (SSSR count). The summed E-state index contributed by atoms with van der Waals surface area (Å²) in [5.41, 5.74) is 2.81. The summed E-state index contributed by atoms with van der Waals surface area (Å²) in [6, 6.07) is -0.145. The zero-order valence-electron chi connectivity index (χ0n) is 12.1. The minimum absolute atomic E-state index is 0.0980. The van der Waals surface area contributed by atoms with Gasteiger partial charge in [-0.25, -0.2) is 8.42 Å². The van der Waals surface area contributed by atoms with E-state index in [1.807, 2.05) is 13.8 Å². The molecule has 0 amide bonds. The molecular formula is C13H22N2O3S. The van der Waals surface area contributed by atoms with Crippen LogP contribution in [0.2, 0.25) is 0 Å². The average molecular weight is 286 g/mol. The Morgan fingerprint density at radius 3 is 2.53 bits per heavy atom. The second-order valence-corrected chi connectivity index (χ2v) is 7.01. The van der Waals surface area contributed by atoms with Gasteiger partial charge in [0.2, 0.25) is 0 Å². The van der Waals surface area contributed by atoms with Gasteiger partial charge < -0.3 is 10.1 Å². The van der Waals surface area contributed by atoms with Crippen LogP contribution < -0.4 is 10.1 Å². The molecule has 19 heavy (non-hydrogen) atoms. The maximum Gasteiger partial charge on any atom is 0.148 e. The maximum absolute atomic E-state index is 11.4. The minimum Gasteiger partial charge on any atom is -0.496 e. The van der Waals surface area contributed by atoms with Crippen LogP contribution in [-0.2, 0) is 16.3 Å². The SMILES string of the molecule is CNC(Cc1ncc(C)c(OC)c1C)CS(C)(=O)=O. The number of pyridine rings is 1. The third-order valence-corrected chi connectivity index (χ3v) is 4.11. The number of ether oxygens (including phenoxy) is 1. The Bertz CT molecular complexity index is 541. The largest absolute Gasteiger partial charge is 0.496 e. The molecule has 6 heteroatoms. The number of likely N-dealkylation sites (N-methyl/N-ethyl adjacent to an activating group) is 1. The van der Waals surface area contributed by atoms with Crippen molar-refractivity contribution in [3.8, 4) is 5.75 Å². The molecule has 1 aromatic rings. The highest BCUT2D eigenvalue weighted by Gasteiger charge is 2.17. The molecule has 0 aliphatic heterocycles. The van der Waals surface area contributed by atoms with E-state index in [-0.39, 0.29) is 11.8 Å². The number of methoxy groups -OCH3 is 1. The van der Waals surface area contributed by atoms with Crippen LogP contribution >= 0.6 is 0 Å². The van der Waals surface area contributed by atoms with Crippen LogP contribution in [0.4, 0.5) is 0 Å². The Balaban J connectivity index is 2.98. The molecule has 0 saturated carbocycles. The van der Waals surface area contributed by atoms with Crippen molar-refractivity contribution in [3.05, 3.63) is 23.0 Å². The van der Waals surface area contributed by atoms with Crippen LogP contribution in [0.15, 0.2) is 6.20 Å². The average Bonchev–Trinajstić information content (AvgIpc) is 2.30. The van der Waals surface area contributed by atoms with Gasteiger partial charge in [-0.1, -0.05) is 0 Å². The Morgan fingerprint density at radius 2 is 2.05 bits per heavy atom. The Kier molecular flexibility index (Phi) is 5.31. The highest BCUT2D eigenvalue weighted by Crippen LogP contribution is 2.24. The van der Waals surface area contributed by atoms with Crippen LogP contribution in [0.3, 0.4) is 0 Å². The summed E-state index contributed by atoms with van der Waals surface area (Å²) in [6.45, 7) is 3.88. The van der Waals surface area contributed by atoms with Gasteiger partial charge in [-0.3, -0.25) is 4.98 Å². The van der Waals surface area contributed by atoms with Crippen molar-refractivity contribution >= 4 is 9.84 Å². The van der Waals surface area contributed by atoms with Gasteiger partial charge in [0.25, 0.3) is 0 Å². The van der Waals surface area contributed by atoms with Crippen LogP contribution in [0.5, 0.6) is 5.75 Å². The predicted molar refractivity (Wildman–Crippen MR) is 76.5 cm³/mol. The first-order valence-corrected chi connectivity index (χ1v) is 8.18. The van der Waals surface area contributed by atoms with E-state index in [0.29, 0.717) is 6.42 Å². The molecule has 0 spiro atoms. The second kappa shape index (κ2) is 6.34. The quantitative estimate of drug-likeness (QED) is 0.841. The minimum atomic E-state index is -3.01. The summed E-state index contributed by atoms with van der Waals surface area (Å²) in [5.74, 6) is 0.917. The lowest BCUT2D eigenvalue weighted by Gasteiger charge is -2.17. The van der Waals surface area contributed by atoms with Crippen LogP contribution in [0, 0.1) is 13.8 Å². The monoisotopic (exact) mass is 286 g/mol. The first-order valence-electron chi connectivity index (χ1n) is 6.12. The van der Waals surface area contributed by atoms with E-state index in [4.69, 9.17) is 4.74 Å². The summed E-state index contributed by atoms with van der Waals surface area (Å²) < 4.78 is 28.1. The molecule has 1 N–H and O–H groups in total. The van der Waals surface area contributed by atoms with Gasteiger partial charge in [0, 0.05) is 41.7 Å². The fourth-order valence-corrected chi connectivity index (χ4v) is 3.14. The molecule has 1 unspecified atom stereocenters. The summed E-state index contributed by atoms with van der Waals surface area (Å²) in [5, 5.41) is 3.03. The zero-order valence-corrected chi connectivity index (χ0v) is 13.0. The lowest BCUT2D eigenvalue weighted by Crippen LogP contribution is -2.35. The number of aryl methyl sites for hydroxylation is 1. The molecule has 1 aromatic heterocycles. The number of sulfone groups is 1. The van der Waals surface area contributed by atoms with Gasteiger partial charge in [-0.2, -0.15) is 0 Å². The Morgan fingerprint density at radius 1 is 1.42 bits per heavy atom. The van der Waals surface area contributed by atoms with Gasteiger partial charge >= 0.3 is 0 Å². The first kappa shape index (κ1) is 15.9. The van der Waals surface area contributed by atoms with Crippen molar-refractivity contribution in [2.45, 2.75) is 26.3 Å². The lowest BCUT2D eigenvalue weighted by atomic mass is 10.1. The van der Waals surface area contributed by atoms with Crippen molar-refractivity contribution < 1.29 is 13.2 Å². The summed E-state index contributed by atoms with van der Waals surface area (Å²) in [7, 11) is 0.377. The van der Waals surface area contributed by atoms with Crippen molar-refractivity contribution in [1.82, 2.24) is 10.3 Å². The smallest absolute Gasteiger partial charge is 0.148 e. The third kappa shape index (κ3) is 4.47. The van der Waals surface area contributed by atoms with Crippen molar-refractivity contribution in [2.75, 3.05) is 26.2 Å². The van der Waals surface area contributed by atoms with Crippen LogP contribution in [0.1, 0.15) is 16.8 Å². The standard InChI is InChI=1S/C13H22N2O3S/c1-9-7-15-12(10(2)13(9)18-4)6-11(14-3)8-19(5,16)17/h7,11,14H,6,8H2,1-5H3. The molecule has 1 heterocycles. The third-order valence-electron chi connectivity index (χ3n) is 3.10. The number of nitrogens with one attached hydrogen (secondary N) is 1. The lowest BCUT2D eigenvalue weighted by molar-refractivity contribution is 0.406. The molecule has 0 radical (unpaired) electrons. The van der Waals surface area contributed by atoms with E-state index in [0.717, 1.165) is 22.6 Å². The van der Waals surface area contributed by atoms with E-state index < -0.39 is 9.84 Å². The highest BCUT2D eigenvalue weighted by molar-refractivity contribution is 7.90. The summed E-state index contributed by atoms with van der Waals surface area (Å²) in [6.07, 6.45) is 3.56. The van der Waals surface area contributed by atoms with E-state index in [2.05, 4.69) is 10.3 Å². The summed E-state index contributed by atoms with van der Waals surface area (Å²) >= 11 is 0. The Labute approximate surface area is 115 Å². The molecular weight excluding hydrogens is 264 g/mol. The molecule has 108 valence electrons. The molecule has 0 aromatic carbocycles. The Hall–Kier alpha value is -1.14. The highest BCUT2D eigenvalue weighted by atomic mass is 32.2. The van der Waals surface area contributed by atoms with Crippen molar-refractivity contribution in [3.63, 3.8) is 0 Å². The zero-order chi connectivity index (χ0) is 14.6. The van der Waals surface area contributed by atoms with Crippen molar-refractivity contribution in [1.29, 1.82) is 0 Å². The van der Waals surface area contributed by atoms with Crippen molar-refractivity contribution in [2.24, 2.45) is 0 Å². The molecule has 0 bridgehead atoms. The maximum atomic E-state index is 11.4. The van der Waals surface area contributed by atoms with Crippen LogP contribution in [-0.4, -0.2) is 45.6 Å². The second-order valence-electron chi connectivity index (χ2n) is 4.83. The molecule has 0 aliphatic rings. The molecule has 1 atom stereocenters. The number of hydrogen-bond acceptors (Lipinski definition) is 5. The first-order chi connectivity index (χ1) is 8.78. The summed E-state index contributed by atoms with van der Waals surface area (Å²) in [4.78, 5) is 4.39. The van der Waals surface area contributed by atoms with E-state index in [1.54, 1.807) is 20.4 Å². The van der Waals surface area contributed by atoms with Gasteiger partial charge in [-0.05, 0) is 20.9 Å². The molecule has 0 saturated heterocycles. The molecule has 5 nitrogen and oxygen atoms in total. The number of nitrogens with zero attached hydrogens (tertiary/aromatic N) is 1. The molecule has 0 aliphatic carbocycles. The van der Waals surface area contributed by atoms with Gasteiger partial charge in [-0.15, -0.1) is 0 Å². The topological polar surface area (TPSA) is 68.3 Å². The predicted octanol–water partition coefficient (Wildman–Crippen LogP) is 0.882. The van der Waals surface area contributed by atoms with Gasteiger partial charge in [0.05, 0.1) is 12.9 Å². The molecule has 0 fully saturated rings. The van der Waals surface area contributed by atoms with E-state index in [1.165, 1.54) is 6.26 Å². The van der Waals surface area contributed by atoms with E-state index >= 15 is 0 Å². The fraction of sp³-hybridized carbons (Fsp3) is 0.615. The number of hydrogen-bond donors (Lipinski definition) is 1. The normalized spacial score (nSPS) is 13.3. The number of rotatable bonds is 6. The van der Waals surface area contributed by atoms with Gasteiger partial charge in [0.15, 0.2) is 0 Å². The number of aromatic nitrogens is 1.